The first kappa shape index (κ1) is 19.4. The largest absolute Gasteiger partial charge is 0.385 e. The number of nitrogens with zero attached hydrogens (tertiary/aromatic N) is 1. The standard InChI is InChI=1S/C17H25N3O4S/c1-24-11-5-9-18-17(21)13-20(25(2,22)23)10-8-14-12-19-16-7-4-3-6-15(14)16/h3-4,6-7,12,19H,5,8-11,13H2,1-2H3,(H,18,21). The Hall–Kier alpha value is -1.90. The Bertz CT molecular complexity index is 801. The molecule has 0 atom stereocenters. The second-order valence-electron chi connectivity index (χ2n) is 5.90. The van der Waals surface area contributed by atoms with E-state index in [1.807, 2.05) is 30.5 Å². The molecule has 0 aliphatic heterocycles. The lowest BCUT2D eigenvalue weighted by Gasteiger charge is -2.19. The fraction of sp³-hybridized carbons (Fsp3) is 0.471. The molecule has 2 N–H and O–H groups in total. The number of aromatic nitrogens is 1. The fourth-order valence-electron chi connectivity index (χ4n) is 2.61. The Labute approximate surface area is 148 Å². The van der Waals surface area contributed by atoms with Crippen LogP contribution in [0.15, 0.2) is 30.5 Å². The third-order valence-electron chi connectivity index (χ3n) is 3.94. The average Bonchev–Trinajstić information content (AvgIpc) is 2.98. The van der Waals surface area contributed by atoms with Crippen LogP contribution in [-0.4, -0.2) is 63.2 Å². The lowest BCUT2D eigenvalue weighted by Crippen LogP contribution is -2.41. The number of rotatable bonds is 10. The lowest BCUT2D eigenvalue weighted by atomic mass is 10.1. The molecule has 0 saturated heterocycles. The van der Waals surface area contributed by atoms with Crippen LogP contribution in [0.4, 0.5) is 0 Å². The first-order valence-electron chi connectivity index (χ1n) is 8.17. The van der Waals surface area contributed by atoms with Gasteiger partial charge in [-0.05, 0) is 24.5 Å². The van der Waals surface area contributed by atoms with Gasteiger partial charge in [0.05, 0.1) is 12.8 Å². The third-order valence-corrected chi connectivity index (χ3v) is 5.19. The van der Waals surface area contributed by atoms with E-state index in [1.165, 1.54) is 4.31 Å². The maximum atomic E-state index is 12.0. The third kappa shape index (κ3) is 5.84. The predicted molar refractivity (Wildman–Crippen MR) is 97.9 cm³/mol. The summed E-state index contributed by atoms with van der Waals surface area (Å²) in [6.45, 7) is 1.10. The molecule has 1 amide bonds. The number of fused-ring (bicyclic) bond motifs is 1. The van der Waals surface area contributed by atoms with Crippen LogP contribution >= 0.6 is 0 Å². The number of sulfonamides is 1. The van der Waals surface area contributed by atoms with Crippen molar-refractivity contribution >= 4 is 26.8 Å². The molecule has 0 spiro atoms. The molecule has 2 aromatic rings. The smallest absolute Gasteiger partial charge is 0.235 e. The van der Waals surface area contributed by atoms with Crippen LogP contribution in [0.3, 0.4) is 0 Å². The SMILES string of the molecule is COCCCNC(=O)CN(CCc1c[nH]c2ccccc12)S(C)(=O)=O. The van der Waals surface area contributed by atoms with Gasteiger partial charge < -0.3 is 15.0 Å². The van der Waals surface area contributed by atoms with Gasteiger partial charge in [-0.15, -0.1) is 0 Å². The van der Waals surface area contributed by atoms with Crippen LogP contribution in [0.2, 0.25) is 0 Å². The van der Waals surface area contributed by atoms with Crippen LogP contribution in [0.5, 0.6) is 0 Å². The van der Waals surface area contributed by atoms with Crippen molar-refractivity contribution in [2.45, 2.75) is 12.8 Å². The van der Waals surface area contributed by atoms with E-state index in [1.54, 1.807) is 7.11 Å². The van der Waals surface area contributed by atoms with Gasteiger partial charge in [0, 0.05) is 43.9 Å². The summed E-state index contributed by atoms with van der Waals surface area (Å²) in [5.74, 6) is -0.305. The van der Waals surface area contributed by atoms with Gasteiger partial charge in [-0.2, -0.15) is 4.31 Å². The van der Waals surface area contributed by atoms with Crippen LogP contribution in [0.25, 0.3) is 10.9 Å². The van der Waals surface area contributed by atoms with Gasteiger partial charge in [-0.25, -0.2) is 8.42 Å². The molecule has 0 radical (unpaired) electrons. The van der Waals surface area contributed by atoms with Gasteiger partial charge >= 0.3 is 0 Å². The van der Waals surface area contributed by atoms with Gasteiger partial charge in [0.15, 0.2) is 0 Å². The molecule has 138 valence electrons. The first-order chi connectivity index (χ1) is 11.9. The molecule has 1 aromatic heterocycles. The topological polar surface area (TPSA) is 91.5 Å². The van der Waals surface area contributed by atoms with Gasteiger partial charge in [0.25, 0.3) is 0 Å². The van der Waals surface area contributed by atoms with Crippen LogP contribution in [0.1, 0.15) is 12.0 Å². The summed E-state index contributed by atoms with van der Waals surface area (Å²) in [6.07, 6.45) is 4.24. The van der Waals surface area contributed by atoms with Crippen LogP contribution in [0, 0.1) is 0 Å². The maximum absolute atomic E-state index is 12.0. The molecule has 0 aliphatic rings. The van der Waals surface area contributed by atoms with E-state index in [9.17, 15) is 13.2 Å². The summed E-state index contributed by atoms with van der Waals surface area (Å²) in [7, 11) is -1.87. The number of methoxy groups -OCH3 is 1. The molecule has 0 aliphatic carbocycles. The second kappa shape index (κ2) is 8.98. The Morgan fingerprint density at radius 2 is 2.08 bits per heavy atom. The van der Waals surface area contributed by atoms with Crippen molar-refractivity contribution in [1.29, 1.82) is 0 Å². The molecule has 7 nitrogen and oxygen atoms in total. The molecular weight excluding hydrogens is 342 g/mol. The highest BCUT2D eigenvalue weighted by molar-refractivity contribution is 7.88. The molecule has 8 heteroatoms. The number of aromatic amines is 1. The second-order valence-corrected chi connectivity index (χ2v) is 7.88. The van der Waals surface area contributed by atoms with Gasteiger partial charge in [0.2, 0.25) is 15.9 Å². The number of ether oxygens (including phenoxy) is 1. The highest BCUT2D eigenvalue weighted by Crippen LogP contribution is 2.18. The first-order valence-corrected chi connectivity index (χ1v) is 10.0. The quantitative estimate of drug-likeness (QED) is 0.616. The minimum Gasteiger partial charge on any atom is -0.385 e. The number of carbonyl (C=O) groups excluding carboxylic acids is 1. The van der Waals surface area contributed by atoms with Gasteiger partial charge in [0.1, 0.15) is 0 Å². The number of hydrogen-bond acceptors (Lipinski definition) is 4. The van der Waals surface area contributed by atoms with E-state index in [-0.39, 0.29) is 19.0 Å². The number of carbonyl (C=O) groups is 1. The molecule has 1 heterocycles. The minimum absolute atomic E-state index is 0.172. The van der Waals surface area contributed by atoms with Crippen molar-refractivity contribution in [3.8, 4) is 0 Å². The molecule has 0 unspecified atom stereocenters. The number of para-hydroxylation sites is 1. The monoisotopic (exact) mass is 367 g/mol. The van der Waals surface area contributed by atoms with Crippen LogP contribution in [-0.2, 0) is 26.0 Å². The van der Waals surface area contributed by atoms with E-state index < -0.39 is 10.0 Å². The van der Waals surface area contributed by atoms with Crippen molar-refractivity contribution in [2.75, 3.05) is 39.6 Å². The van der Waals surface area contributed by atoms with Crippen molar-refractivity contribution in [3.05, 3.63) is 36.0 Å². The normalized spacial score (nSPS) is 12.0. The molecule has 0 fully saturated rings. The van der Waals surface area contributed by atoms with E-state index in [2.05, 4.69) is 10.3 Å². The maximum Gasteiger partial charge on any atom is 0.235 e. The van der Waals surface area contributed by atoms with E-state index in [0.717, 1.165) is 22.7 Å². The molecule has 1 aromatic carbocycles. The number of amides is 1. The lowest BCUT2D eigenvalue weighted by molar-refractivity contribution is -0.121. The molecule has 25 heavy (non-hydrogen) atoms. The minimum atomic E-state index is -3.46. The number of hydrogen-bond donors (Lipinski definition) is 2. The van der Waals surface area contributed by atoms with E-state index in [0.29, 0.717) is 26.0 Å². The summed E-state index contributed by atoms with van der Waals surface area (Å²) in [5, 5.41) is 3.78. The molecular formula is C17H25N3O4S. The molecule has 2 rings (SSSR count). The predicted octanol–water partition coefficient (Wildman–Crippen LogP) is 1.12. The Kier molecular flexibility index (Phi) is 6.98. The summed E-state index contributed by atoms with van der Waals surface area (Å²) in [6, 6.07) is 7.86. The van der Waals surface area contributed by atoms with Crippen molar-refractivity contribution < 1.29 is 17.9 Å². The van der Waals surface area contributed by atoms with Gasteiger partial charge in [-0.3, -0.25) is 4.79 Å². The van der Waals surface area contributed by atoms with E-state index >= 15 is 0 Å². The van der Waals surface area contributed by atoms with Gasteiger partial charge in [-0.1, -0.05) is 18.2 Å². The Morgan fingerprint density at radius 1 is 1.32 bits per heavy atom. The summed E-state index contributed by atoms with van der Waals surface area (Å²) in [4.78, 5) is 15.1. The molecule has 0 saturated carbocycles. The summed E-state index contributed by atoms with van der Waals surface area (Å²) < 4.78 is 30.1. The fourth-order valence-corrected chi connectivity index (χ4v) is 3.38. The van der Waals surface area contributed by atoms with Crippen LogP contribution < -0.4 is 5.32 Å². The highest BCUT2D eigenvalue weighted by atomic mass is 32.2. The zero-order valence-electron chi connectivity index (χ0n) is 14.6. The Balaban J connectivity index is 1.95. The van der Waals surface area contributed by atoms with Crippen molar-refractivity contribution in [1.82, 2.24) is 14.6 Å². The summed E-state index contributed by atoms with van der Waals surface area (Å²) in [5.41, 5.74) is 2.05. The van der Waals surface area contributed by atoms with Crippen molar-refractivity contribution in [2.24, 2.45) is 0 Å². The zero-order valence-corrected chi connectivity index (χ0v) is 15.4. The zero-order chi connectivity index (χ0) is 18.3. The van der Waals surface area contributed by atoms with E-state index in [4.69, 9.17) is 4.74 Å². The number of H-pyrrole nitrogens is 1. The average molecular weight is 367 g/mol. The number of nitrogens with one attached hydrogen (secondary N) is 2. The van der Waals surface area contributed by atoms with Crippen molar-refractivity contribution in [3.63, 3.8) is 0 Å². The molecule has 0 bridgehead atoms. The highest BCUT2D eigenvalue weighted by Gasteiger charge is 2.20. The number of benzene rings is 1. The summed E-state index contributed by atoms with van der Waals surface area (Å²) >= 11 is 0. The Morgan fingerprint density at radius 3 is 2.80 bits per heavy atom.